The lowest BCUT2D eigenvalue weighted by Gasteiger charge is -2.63. The highest BCUT2D eigenvalue weighted by molar-refractivity contribution is 7.17. The molecule has 0 atom stereocenters. The molecular weight excluding hydrogens is 790 g/mol. The lowest BCUT2D eigenvalue weighted by atomic mass is 9.49. The fourth-order valence-corrected chi connectivity index (χ4v) is 11.7. The number of carbonyl (C=O) groups excluding carboxylic acids is 1. The number of amides is 1. The van der Waals surface area contributed by atoms with E-state index >= 15 is 0 Å². The first kappa shape index (κ1) is 39.9. The van der Waals surface area contributed by atoms with Crippen molar-refractivity contribution in [3.63, 3.8) is 0 Å². The molecule has 2 spiro atoms. The Hall–Kier alpha value is -5.56. The third-order valence-corrected chi connectivity index (χ3v) is 15.0. The number of hydrogen-bond acceptors (Lipinski definition) is 10. The van der Waals surface area contributed by atoms with Crippen LogP contribution >= 0.6 is 22.9 Å². The maximum Gasteiger partial charge on any atom is 0.254 e. The molecule has 0 radical (unpaired) electrons. The number of anilines is 2. The molecule has 3 N–H and O–H groups in total. The van der Waals surface area contributed by atoms with Crippen LogP contribution in [0.3, 0.4) is 0 Å². The van der Waals surface area contributed by atoms with Crippen molar-refractivity contribution in [1.29, 1.82) is 16.1 Å². The van der Waals surface area contributed by atoms with Crippen molar-refractivity contribution in [3.05, 3.63) is 98.1 Å². The van der Waals surface area contributed by atoms with E-state index in [0.29, 0.717) is 45.4 Å². The Kier molecular flexibility index (Phi) is 9.31. The minimum Gasteiger partial charge on any atom is -0.489 e. The summed E-state index contributed by atoms with van der Waals surface area (Å²) in [6.07, 6.45) is 6.75. The second kappa shape index (κ2) is 14.0. The molecular formula is C47H48ClN9O2S. The van der Waals surface area contributed by atoms with E-state index in [1.165, 1.54) is 4.88 Å². The number of rotatable bonds is 6. The average molecular weight is 838 g/mol. The van der Waals surface area contributed by atoms with E-state index in [9.17, 15) is 10.1 Å². The van der Waals surface area contributed by atoms with Gasteiger partial charge in [0, 0.05) is 81.3 Å². The molecule has 2 aliphatic heterocycles. The van der Waals surface area contributed by atoms with Crippen LogP contribution in [0.1, 0.15) is 103 Å². The lowest BCUT2D eigenvalue weighted by Crippen LogP contribution is -2.74. The maximum absolute atomic E-state index is 13.4. The van der Waals surface area contributed by atoms with Gasteiger partial charge in [-0.25, -0.2) is 9.97 Å². The molecule has 1 amide bonds. The number of thiophene rings is 1. The number of aryl methyl sites for hydroxylation is 1. The van der Waals surface area contributed by atoms with Crippen LogP contribution < -0.4 is 19.9 Å². The Balaban J connectivity index is 0.786. The Morgan fingerprint density at radius 2 is 1.70 bits per heavy atom. The van der Waals surface area contributed by atoms with Crippen molar-refractivity contribution in [1.82, 2.24) is 15.3 Å². The van der Waals surface area contributed by atoms with E-state index in [4.69, 9.17) is 32.1 Å². The first-order chi connectivity index (χ1) is 28.4. The van der Waals surface area contributed by atoms with Gasteiger partial charge in [0.25, 0.3) is 5.91 Å². The zero-order chi connectivity index (χ0) is 42.5. The third kappa shape index (κ3) is 6.47. The highest BCUT2D eigenvalue weighted by Gasteiger charge is 2.64. The van der Waals surface area contributed by atoms with Crippen molar-refractivity contribution in [2.24, 2.45) is 27.2 Å². The summed E-state index contributed by atoms with van der Waals surface area (Å²) in [5.41, 5.74) is 4.80. The van der Waals surface area contributed by atoms with Gasteiger partial charge >= 0.3 is 0 Å². The van der Waals surface area contributed by atoms with E-state index in [0.717, 1.165) is 71.7 Å². The van der Waals surface area contributed by atoms with Gasteiger partial charge in [-0.05, 0) is 76.3 Å². The molecule has 1 saturated heterocycles. The fraction of sp³-hybridized carbons (Fsp3) is 0.426. The number of halogens is 1. The predicted octanol–water partition coefficient (Wildman–Crippen LogP) is 8.72. The van der Waals surface area contributed by atoms with Gasteiger partial charge in [-0.1, -0.05) is 63.3 Å². The summed E-state index contributed by atoms with van der Waals surface area (Å²) < 4.78 is 6.37. The molecule has 4 fully saturated rings. The summed E-state index contributed by atoms with van der Waals surface area (Å²) in [5.74, 6) is 9.04. The van der Waals surface area contributed by atoms with Crippen LogP contribution in [0.15, 0.2) is 59.9 Å². The van der Waals surface area contributed by atoms with Gasteiger partial charge in [-0.3, -0.25) is 25.5 Å². The first-order valence-electron chi connectivity index (χ1n) is 20.5. The van der Waals surface area contributed by atoms with Crippen molar-refractivity contribution in [3.8, 4) is 23.7 Å². The standard InChI is InChI=1S/C47H48ClN9O2S/c1-26-27(2)60-39-36(26)37(55-47(16-17-47)42(51)57(39)28(3)50)31-12-10-29(11-13-31)8-9-30-19-46(20-30)24-56(25-46)43-52-22-33(23-53-43)38(58)54-40-44(4,5)41(45(40,6)7)59-34-15-14-32(21-49)35(48)18-34/h10-15,18,22-23,30,40-41,50-51H,16-17,19-20,24-25H2,1-7H3,(H,54,58). The van der Waals surface area contributed by atoms with Crippen molar-refractivity contribution in [2.75, 3.05) is 22.9 Å². The molecule has 0 unspecified atom stereocenters. The highest BCUT2D eigenvalue weighted by Crippen LogP contribution is 2.56. The molecule has 2 aromatic heterocycles. The van der Waals surface area contributed by atoms with Crippen LogP contribution in [0.5, 0.6) is 5.75 Å². The lowest BCUT2D eigenvalue weighted by molar-refractivity contribution is -0.164. The summed E-state index contributed by atoms with van der Waals surface area (Å²) in [5, 5.41) is 31.3. The molecule has 3 aliphatic carbocycles. The molecule has 0 bridgehead atoms. The summed E-state index contributed by atoms with van der Waals surface area (Å²) >= 11 is 7.89. The molecule has 5 aliphatic rings. The van der Waals surface area contributed by atoms with Gasteiger partial charge < -0.3 is 15.0 Å². The predicted molar refractivity (Wildman–Crippen MR) is 237 cm³/mol. The number of amidine groups is 2. The van der Waals surface area contributed by atoms with Gasteiger partial charge in [0.2, 0.25) is 5.95 Å². The second-order valence-corrected chi connectivity index (χ2v) is 20.2. The minimum atomic E-state index is -0.558. The van der Waals surface area contributed by atoms with E-state index in [1.54, 1.807) is 53.8 Å². The number of aromatic nitrogens is 2. The molecule has 4 heterocycles. The summed E-state index contributed by atoms with van der Waals surface area (Å²) in [6.45, 7) is 16.0. The monoisotopic (exact) mass is 837 g/mol. The molecule has 4 aromatic rings. The smallest absolute Gasteiger partial charge is 0.254 e. The summed E-state index contributed by atoms with van der Waals surface area (Å²) in [6, 6.07) is 15.3. The molecule has 2 aromatic carbocycles. The Labute approximate surface area is 360 Å². The van der Waals surface area contributed by atoms with E-state index < -0.39 is 5.54 Å². The molecule has 11 nitrogen and oxygen atoms in total. The number of aliphatic imine (C=N–C) groups is 1. The minimum absolute atomic E-state index is 0.165. The highest BCUT2D eigenvalue weighted by atomic mass is 35.5. The van der Waals surface area contributed by atoms with Gasteiger partial charge in [0.15, 0.2) is 0 Å². The van der Waals surface area contributed by atoms with Gasteiger partial charge in [0.05, 0.1) is 21.9 Å². The normalized spacial score (nSPS) is 22.4. The number of benzene rings is 2. The summed E-state index contributed by atoms with van der Waals surface area (Å²) in [4.78, 5) is 33.0. The fourth-order valence-electron chi connectivity index (χ4n) is 10.2. The Morgan fingerprint density at radius 1 is 1.03 bits per heavy atom. The first-order valence-corrected chi connectivity index (χ1v) is 21.7. The molecule has 3 saturated carbocycles. The number of nitriles is 1. The van der Waals surface area contributed by atoms with E-state index in [2.05, 4.69) is 104 Å². The average Bonchev–Trinajstić information content (AvgIpc) is 3.93. The van der Waals surface area contributed by atoms with Crippen molar-refractivity contribution in [2.45, 2.75) is 91.8 Å². The van der Waals surface area contributed by atoms with Crippen LogP contribution in [0.4, 0.5) is 10.9 Å². The van der Waals surface area contributed by atoms with E-state index in [1.807, 2.05) is 0 Å². The van der Waals surface area contributed by atoms with E-state index in [-0.39, 0.29) is 34.3 Å². The van der Waals surface area contributed by atoms with Crippen molar-refractivity contribution < 1.29 is 9.53 Å². The quantitative estimate of drug-likeness (QED) is 0.0997. The van der Waals surface area contributed by atoms with Crippen LogP contribution in [0.2, 0.25) is 5.02 Å². The maximum atomic E-state index is 13.4. The molecule has 306 valence electrons. The third-order valence-electron chi connectivity index (χ3n) is 13.5. The zero-order valence-corrected chi connectivity index (χ0v) is 36.5. The van der Waals surface area contributed by atoms with Crippen LogP contribution in [0, 0.1) is 70.0 Å². The number of fused-ring (bicyclic) bond motifs is 1. The van der Waals surface area contributed by atoms with Gasteiger partial charge in [0.1, 0.15) is 40.1 Å². The Morgan fingerprint density at radius 3 is 2.30 bits per heavy atom. The van der Waals surface area contributed by atoms with Crippen molar-refractivity contribution >= 4 is 57.2 Å². The SMILES string of the molecule is CC(=N)N1C(=N)C2(CC2)N=C(c2ccc(C#CC3CC4(C3)CN(c3ncc(C(=O)NC5C(C)(C)C(Oc6ccc(C#N)c(Cl)c6)C5(C)C)cn3)C4)cc2)c2c1sc(C)c2C. The molecule has 13 heteroatoms. The van der Waals surface area contributed by atoms with Gasteiger partial charge in [-0.2, -0.15) is 5.26 Å². The van der Waals surface area contributed by atoms with Gasteiger partial charge in [-0.15, -0.1) is 11.3 Å². The number of carbonyl (C=O) groups is 1. The molecule has 60 heavy (non-hydrogen) atoms. The number of ether oxygens (including phenoxy) is 1. The molecule has 9 rings (SSSR count). The number of nitrogens with one attached hydrogen (secondary N) is 3. The number of hydrogen-bond donors (Lipinski definition) is 3. The topological polar surface area (TPSA) is 154 Å². The van der Waals surface area contributed by atoms with Crippen LogP contribution in [-0.4, -0.2) is 64.0 Å². The Bertz CT molecular complexity index is 2590. The number of nitrogens with zero attached hydrogens (tertiary/aromatic N) is 6. The zero-order valence-electron chi connectivity index (χ0n) is 35.0. The second-order valence-electron chi connectivity index (χ2n) is 18.6. The van der Waals surface area contributed by atoms with Crippen LogP contribution in [-0.2, 0) is 0 Å². The summed E-state index contributed by atoms with van der Waals surface area (Å²) in [7, 11) is 0. The van der Waals surface area contributed by atoms with Crippen LogP contribution in [0.25, 0.3) is 0 Å². The largest absolute Gasteiger partial charge is 0.489 e.